The molecule has 6 heteroatoms. The normalized spacial score (nSPS) is 27.8. The number of hydrogen-bond donors (Lipinski definition) is 1. The van der Waals surface area contributed by atoms with Crippen LogP contribution < -0.4 is 0 Å². The largest absolute Gasteiger partial charge is 0.401 e. The monoisotopic (exact) mass is 342 g/mol. The molecule has 0 radical (unpaired) electrons. The summed E-state index contributed by atoms with van der Waals surface area (Å²) >= 11 is 0. The van der Waals surface area contributed by atoms with E-state index in [1.165, 1.54) is 10.5 Å². The van der Waals surface area contributed by atoms with Crippen LogP contribution in [0.4, 0.5) is 13.2 Å². The van der Waals surface area contributed by atoms with E-state index in [0.29, 0.717) is 13.1 Å². The first-order chi connectivity index (χ1) is 11.4. The maximum Gasteiger partial charge on any atom is 0.401 e. The van der Waals surface area contributed by atoms with Gasteiger partial charge in [-0.1, -0.05) is 31.2 Å². The van der Waals surface area contributed by atoms with Crippen LogP contribution in [0.15, 0.2) is 24.3 Å². The van der Waals surface area contributed by atoms with Crippen LogP contribution in [-0.4, -0.2) is 59.8 Å². The number of halogens is 3. The predicted octanol–water partition coefficient (Wildman–Crippen LogP) is 2.85. The molecular weight excluding hydrogens is 317 g/mol. The van der Waals surface area contributed by atoms with Crippen molar-refractivity contribution in [3.05, 3.63) is 35.4 Å². The molecule has 0 amide bonds. The highest BCUT2D eigenvalue weighted by molar-refractivity contribution is 5.36. The number of rotatable bonds is 5. The molecule has 134 valence electrons. The molecule has 2 aliphatic rings. The van der Waals surface area contributed by atoms with Gasteiger partial charge in [-0.25, -0.2) is 0 Å². The van der Waals surface area contributed by atoms with E-state index in [9.17, 15) is 18.3 Å². The van der Waals surface area contributed by atoms with Gasteiger partial charge in [0.25, 0.3) is 0 Å². The molecule has 0 saturated carbocycles. The first-order valence-electron chi connectivity index (χ1n) is 8.66. The second-order valence-electron chi connectivity index (χ2n) is 7.01. The Balaban J connectivity index is 1.56. The Hall–Kier alpha value is -1.11. The van der Waals surface area contributed by atoms with Crippen molar-refractivity contribution in [3.63, 3.8) is 0 Å². The van der Waals surface area contributed by atoms with Gasteiger partial charge >= 0.3 is 6.18 Å². The van der Waals surface area contributed by atoms with Crippen LogP contribution in [0.5, 0.6) is 0 Å². The lowest BCUT2D eigenvalue weighted by Gasteiger charge is -2.28. The van der Waals surface area contributed by atoms with Crippen molar-refractivity contribution >= 4 is 0 Å². The van der Waals surface area contributed by atoms with E-state index < -0.39 is 18.8 Å². The smallest absolute Gasteiger partial charge is 0.387 e. The highest BCUT2D eigenvalue weighted by atomic mass is 19.4. The molecule has 1 saturated heterocycles. The topological polar surface area (TPSA) is 26.7 Å². The quantitative estimate of drug-likeness (QED) is 0.891. The summed E-state index contributed by atoms with van der Waals surface area (Å²) in [5.74, 6) is 0.239. The fourth-order valence-electron chi connectivity index (χ4n) is 4.12. The maximum absolute atomic E-state index is 12.6. The Bertz CT molecular complexity index is 563. The summed E-state index contributed by atoms with van der Waals surface area (Å²) in [7, 11) is 0. The van der Waals surface area contributed by atoms with Crippen LogP contribution in [0, 0.1) is 5.92 Å². The van der Waals surface area contributed by atoms with Gasteiger partial charge in [-0.15, -0.1) is 0 Å². The summed E-state index contributed by atoms with van der Waals surface area (Å²) in [6.07, 6.45) is -2.91. The van der Waals surface area contributed by atoms with Gasteiger partial charge in [-0.05, 0) is 43.0 Å². The van der Waals surface area contributed by atoms with Crippen molar-refractivity contribution in [1.29, 1.82) is 0 Å². The molecule has 3 atom stereocenters. The number of aliphatic hydroxyl groups excluding tert-OH is 1. The third-order valence-corrected chi connectivity index (χ3v) is 5.32. The number of benzene rings is 1. The zero-order valence-corrected chi connectivity index (χ0v) is 14.0. The second-order valence-corrected chi connectivity index (χ2v) is 7.01. The van der Waals surface area contributed by atoms with Gasteiger partial charge < -0.3 is 5.11 Å². The van der Waals surface area contributed by atoms with Crippen molar-refractivity contribution in [3.8, 4) is 0 Å². The van der Waals surface area contributed by atoms with E-state index >= 15 is 0 Å². The average Bonchev–Trinajstić information content (AvgIpc) is 3.10. The number of alkyl halides is 3. The van der Waals surface area contributed by atoms with Crippen molar-refractivity contribution in [2.75, 3.05) is 32.7 Å². The molecule has 3 rings (SSSR count). The molecule has 0 unspecified atom stereocenters. The zero-order valence-electron chi connectivity index (χ0n) is 14.0. The third kappa shape index (κ3) is 3.92. The Morgan fingerprint density at radius 2 is 2.04 bits per heavy atom. The van der Waals surface area contributed by atoms with Crippen LogP contribution in [0.25, 0.3) is 0 Å². The standard InChI is InChI=1S/C18H25F3N2O/c1-2-22(12-18(19,20)21)10-13-7-8-23(11-13)16-9-14-5-3-4-6-15(14)17(16)24/h3-6,13,16-17,24H,2,7-12H2,1H3/t13-,16-,17+/m0/s1. The lowest BCUT2D eigenvalue weighted by Crippen LogP contribution is -2.40. The Labute approximate surface area is 141 Å². The molecule has 3 nitrogen and oxygen atoms in total. The fourth-order valence-corrected chi connectivity index (χ4v) is 4.12. The van der Waals surface area contributed by atoms with Gasteiger partial charge in [0.1, 0.15) is 0 Å². The lowest BCUT2D eigenvalue weighted by atomic mass is 10.1. The predicted molar refractivity (Wildman–Crippen MR) is 86.7 cm³/mol. The summed E-state index contributed by atoms with van der Waals surface area (Å²) in [4.78, 5) is 3.74. The molecule has 1 heterocycles. The second kappa shape index (κ2) is 7.02. The van der Waals surface area contributed by atoms with Crippen molar-refractivity contribution in [2.45, 2.75) is 38.1 Å². The first-order valence-corrected chi connectivity index (χ1v) is 8.66. The van der Waals surface area contributed by atoms with Crippen LogP contribution in [0.3, 0.4) is 0 Å². The number of fused-ring (bicyclic) bond motifs is 1. The Morgan fingerprint density at radius 1 is 1.29 bits per heavy atom. The minimum Gasteiger partial charge on any atom is -0.387 e. The molecule has 1 aliphatic heterocycles. The van der Waals surface area contributed by atoms with Crippen molar-refractivity contribution in [1.82, 2.24) is 9.80 Å². The van der Waals surface area contributed by atoms with Gasteiger partial charge in [0, 0.05) is 19.1 Å². The zero-order chi connectivity index (χ0) is 17.3. The Morgan fingerprint density at radius 3 is 2.71 bits per heavy atom. The molecule has 1 N–H and O–H groups in total. The lowest BCUT2D eigenvalue weighted by molar-refractivity contribution is -0.146. The van der Waals surface area contributed by atoms with E-state index in [4.69, 9.17) is 0 Å². The van der Waals surface area contributed by atoms with Gasteiger partial charge in [0.15, 0.2) is 0 Å². The molecule has 0 bridgehead atoms. The van der Waals surface area contributed by atoms with Crippen LogP contribution in [0.2, 0.25) is 0 Å². The third-order valence-electron chi connectivity index (χ3n) is 5.32. The van der Waals surface area contributed by atoms with Crippen LogP contribution >= 0.6 is 0 Å². The molecular formula is C18H25F3N2O. The summed E-state index contributed by atoms with van der Waals surface area (Å²) in [6.45, 7) is 3.44. The molecule has 24 heavy (non-hydrogen) atoms. The molecule has 1 aromatic carbocycles. The van der Waals surface area contributed by atoms with E-state index in [0.717, 1.165) is 31.5 Å². The molecule has 1 aliphatic carbocycles. The summed E-state index contributed by atoms with van der Waals surface area (Å²) in [5, 5.41) is 10.6. The summed E-state index contributed by atoms with van der Waals surface area (Å²) in [5.41, 5.74) is 2.18. The highest BCUT2D eigenvalue weighted by Crippen LogP contribution is 2.36. The SMILES string of the molecule is CCN(C[C@@H]1CCN([C@H]2Cc3ccccc3[C@H]2O)C1)CC(F)(F)F. The minimum atomic E-state index is -4.14. The average molecular weight is 342 g/mol. The summed E-state index contributed by atoms with van der Waals surface area (Å²) < 4.78 is 37.8. The minimum absolute atomic E-state index is 0.0603. The van der Waals surface area contributed by atoms with Gasteiger partial charge in [-0.3, -0.25) is 9.80 Å². The number of nitrogens with zero attached hydrogens (tertiary/aromatic N) is 2. The van der Waals surface area contributed by atoms with Crippen LogP contribution in [0.1, 0.15) is 30.6 Å². The molecule has 1 aromatic rings. The maximum atomic E-state index is 12.6. The van der Waals surface area contributed by atoms with Gasteiger partial charge in [0.2, 0.25) is 0 Å². The van der Waals surface area contributed by atoms with E-state index in [2.05, 4.69) is 4.90 Å². The van der Waals surface area contributed by atoms with Crippen LogP contribution in [-0.2, 0) is 6.42 Å². The fraction of sp³-hybridized carbons (Fsp3) is 0.667. The van der Waals surface area contributed by atoms with E-state index in [1.807, 2.05) is 24.3 Å². The van der Waals surface area contributed by atoms with E-state index in [-0.39, 0.29) is 12.0 Å². The molecule has 1 fully saturated rings. The highest BCUT2D eigenvalue weighted by Gasteiger charge is 2.39. The van der Waals surface area contributed by atoms with E-state index in [1.54, 1.807) is 6.92 Å². The number of hydrogen-bond acceptors (Lipinski definition) is 3. The molecule has 0 spiro atoms. The van der Waals surface area contributed by atoms with Gasteiger partial charge in [0.05, 0.1) is 12.6 Å². The Kier molecular flexibility index (Phi) is 5.18. The number of aliphatic hydroxyl groups is 1. The first kappa shape index (κ1) is 17.7. The van der Waals surface area contributed by atoms with Crippen molar-refractivity contribution < 1.29 is 18.3 Å². The van der Waals surface area contributed by atoms with Gasteiger partial charge in [-0.2, -0.15) is 13.2 Å². The molecule has 0 aromatic heterocycles. The summed E-state index contributed by atoms with van der Waals surface area (Å²) in [6, 6.07) is 8.00. The van der Waals surface area contributed by atoms with Crippen molar-refractivity contribution in [2.24, 2.45) is 5.92 Å². The number of likely N-dealkylation sites (tertiary alicyclic amines) is 1.